The number of nitrogens with one attached hydrogen (secondary N) is 1. The number of hydrogen-bond donors (Lipinski definition) is 1. The molecule has 0 bridgehead atoms. The summed E-state index contributed by atoms with van der Waals surface area (Å²) < 4.78 is 49.1. The molecule has 1 N–H and O–H groups in total. The smallest absolute Gasteiger partial charge is 0.387 e. The van der Waals surface area contributed by atoms with Crippen molar-refractivity contribution in [3.8, 4) is 11.5 Å². The Morgan fingerprint density at radius 3 is 2.76 bits per heavy atom. The van der Waals surface area contributed by atoms with E-state index in [0.717, 1.165) is 18.2 Å². The zero-order valence-electron chi connectivity index (χ0n) is 13.0. The van der Waals surface area contributed by atoms with Crippen LogP contribution in [0.3, 0.4) is 0 Å². The van der Waals surface area contributed by atoms with E-state index in [4.69, 9.17) is 4.74 Å². The number of carbonyl (C=O) groups excluding carboxylic acids is 1. The van der Waals surface area contributed by atoms with E-state index < -0.39 is 18.5 Å². The molecule has 1 heterocycles. The summed E-state index contributed by atoms with van der Waals surface area (Å²) in [5.74, 6) is -1.42. The van der Waals surface area contributed by atoms with Gasteiger partial charge in [0.2, 0.25) is 11.9 Å². The summed E-state index contributed by atoms with van der Waals surface area (Å²) in [6.07, 6.45) is 0.291. The van der Waals surface area contributed by atoms with Crippen LogP contribution in [0, 0.1) is 11.7 Å². The van der Waals surface area contributed by atoms with Gasteiger partial charge in [-0.15, -0.1) is 0 Å². The molecule has 1 aromatic heterocycles. The number of rotatable bonds is 6. The fourth-order valence-electron chi connectivity index (χ4n) is 2.37. The second kappa shape index (κ2) is 6.95. The van der Waals surface area contributed by atoms with Crippen LogP contribution in [0.5, 0.6) is 11.5 Å². The quantitative estimate of drug-likeness (QED) is 0.847. The Morgan fingerprint density at radius 2 is 2.12 bits per heavy atom. The fraction of sp³-hybridized carbons (Fsp3) is 0.429. The van der Waals surface area contributed by atoms with E-state index in [1.165, 1.54) is 4.68 Å². The maximum absolute atomic E-state index is 13.3. The van der Waals surface area contributed by atoms with Gasteiger partial charge >= 0.3 is 6.61 Å². The lowest BCUT2D eigenvalue weighted by Gasteiger charge is -2.34. The molecular weight excluding hydrogens is 343 g/mol. The van der Waals surface area contributed by atoms with E-state index in [9.17, 15) is 18.0 Å². The summed E-state index contributed by atoms with van der Waals surface area (Å²) in [6.45, 7) is -3.05. The summed E-state index contributed by atoms with van der Waals surface area (Å²) in [5, 5.41) is 13.2. The predicted molar refractivity (Wildman–Crippen MR) is 77.6 cm³/mol. The molecule has 0 aliphatic heterocycles. The van der Waals surface area contributed by atoms with Crippen LogP contribution in [-0.2, 0) is 11.8 Å². The first-order chi connectivity index (χ1) is 11.9. The zero-order valence-corrected chi connectivity index (χ0v) is 13.0. The van der Waals surface area contributed by atoms with Crippen molar-refractivity contribution in [2.45, 2.75) is 25.6 Å². The minimum atomic E-state index is -3.05. The highest BCUT2D eigenvalue weighted by atomic mass is 19.3. The predicted octanol–water partition coefficient (Wildman–Crippen LogP) is 1.75. The summed E-state index contributed by atoms with van der Waals surface area (Å²) in [7, 11) is 1.58. The van der Waals surface area contributed by atoms with E-state index in [0.29, 0.717) is 12.8 Å². The average molecular weight is 357 g/mol. The van der Waals surface area contributed by atoms with Crippen LogP contribution >= 0.6 is 0 Å². The van der Waals surface area contributed by atoms with Gasteiger partial charge in [-0.2, -0.15) is 8.78 Å². The maximum atomic E-state index is 13.3. The van der Waals surface area contributed by atoms with Crippen LogP contribution in [0.1, 0.15) is 12.8 Å². The van der Waals surface area contributed by atoms with Crippen LogP contribution in [0.25, 0.3) is 0 Å². The van der Waals surface area contributed by atoms with Crippen LogP contribution in [-0.4, -0.2) is 38.8 Å². The largest absolute Gasteiger partial charge is 0.486 e. The molecule has 1 aromatic carbocycles. The molecule has 1 amide bonds. The van der Waals surface area contributed by atoms with Crippen molar-refractivity contribution in [1.29, 1.82) is 0 Å². The molecule has 2 aromatic rings. The number of hydrogen-bond acceptors (Lipinski definition) is 6. The van der Waals surface area contributed by atoms with E-state index in [1.54, 1.807) is 7.05 Å². The highest BCUT2D eigenvalue weighted by Gasteiger charge is 2.37. The minimum absolute atomic E-state index is 0.123. The van der Waals surface area contributed by atoms with Gasteiger partial charge in [0, 0.05) is 19.0 Å². The third-order valence-corrected chi connectivity index (χ3v) is 3.74. The SMILES string of the molecule is Cn1nnnc1NC(=O)C1CC(Oc2cc(F)ccc2OC(F)F)C1. The van der Waals surface area contributed by atoms with E-state index in [1.807, 2.05) is 0 Å². The monoisotopic (exact) mass is 357 g/mol. The van der Waals surface area contributed by atoms with Gasteiger partial charge in [0.25, 0.3) is 0 Å². The molecule has 11 heteroatoms. The first-order valence-electron chi connectivity index (χ1n) is 7.36. The van der Waals surface area contributed by atoms with Gasteiger partial charge < -0.3 is 9.47 Å². The lowest BCUT2D eigenvalue weighted by Crippen LogP contribution is -2.41. The number of anilines is 1. The van der Waals surface area contributed by atoms with Crippen molar-refractivity contribution in [1.82, 2.24) is 20.2 Å². The Balaban J connectivity index is 1.56. The van der Waals surface area contributed by atoms with Crippen LogP contribution in [0.15, 0.2) is 18.2 Å². The van der Waals surface area contributed by atoms with E-state index in [-0.39, 0.29) is 29.3 Å². The van der Waals surface area contributed by atoms with Gasteiger partial charge in [0.05, 0.1) is 0 Å². The van der Waals surface area contributed by atoms with Crippen molar-refractivity contribution in [2.75, 3.05) is 5.32 Å². The summed E-state index contributed by atoms with van der Waals surface area (Å²) in [5.41, 5.74) is 0. The average Bonchev–Trinajstić information content (AvgIpc) is 2.89. The van der Waals surface area contributed by atoms with Crippen molar-refractivity contribution >= 4 is 11.9 Å². The molecule has 25 heavy (non-hydrogen) atoms. The summed E-state index contributed by atoms with van der Waals surface area (Å²) >= 11 is 0. The topological polar surface area (TPSA) is 91.2 Å². The second-order valence-corrected chi connectivity index (χ2v) is 5.49. The first kappa shape index (κ1) is 17.0. The molecule has 134 valence electrons. The van der Waals surface area contributed by atoms with Gasteiger partial charge in [0.1, 0.15) is 11.9 Å². The van der Waals surface area contributed by atoms with Gasteiger partial charge in [0.15, 0.2) is 11.5 Å². The second-order valence-electron chi connectivity index (χ2n) is 5.49. The molecular formula is C14H14F3N5O3. The van der Waals surface area contributed by atoms with E-state index >= 15 is 0 Å². The molecule has 0 saturated heterocycles. The Hall–Kier alpha value is -2.85. The fourth-order valence-corrected chi connectivity index (χ4v) is 2.37. The number of aromatic nitrogens is 4. The number of aryl methyl sites for hydroxylation is 1. The van der Waals surface area contributed by atoms with Crippen molar-refractivity contribution < 1.29 is 27.4 Å². The molecule has 0 radical (unpaired) electrons. The van der Waals surface area contributed by atoms with Gasteiger partial charge in [-0.05, 0) is 35.4 Å². The van der Waals surface area contributed by atoms with E-state index in [2.05, 4.69) is 25.6 Å². The highest BCUT2D eigenvalue weighted by Crippen LogP contribution is 2.36. The van der Waals surface area contributed by atoms with Crippen molar-refractivity contribution in [2.24, 2.45) is 13.0 Å². The molecule has 1 aliphatic carbocycles. The number of benzene rings is 1. The molecule has 0 atom stereocenters. The van der Waals surface area contributed by atoms with Gasteiger partial charge in [-0.1, -0.05) is 5.10 Å². The molecule has 0 unspecified atom stereocenters. The molecule has 3 rings (SSSR count). The third-order valence-electron chi connectivity index (χ3n) is 3.74. The van der Waals surface area contributed by atoms with Gasteiger partial charge in [-0.3, -0.25) is 10.1 Å². The Labute approximate surface area is 139 Å². The number of amides is 1. The number of tetrazole rings is 1. The Kier molecular flexibility index (Phi) is 4.72. The highest BCUT2D eigenvalue weighted by molar-refractivity contribution is 5.91. The van der Waals surface area contributed by atoms with Crippen LogP contribution in [0.4, 0.5) is 19.1 Å². The molecule has 1 aliphatic rings. The van der Waals surface area contributed by atoms with Crippen molar-refractivity contribution in [3.05, 3.63) is 24.0 Å². The number of halogens is 3. The number of carbonyl (C=O) groups is 1. The van der Waals surface area contributed by atoms with Gasteiger partial charge in [-0.25, -0.2) is 9.07 Å². The Bertz CT molecular complexity index is 764. The normalized spacial score (nSPS) is 19.4. The number of alkyl halides is 2. The Morgan fingerprint density at radius 1 is 1.36 bits per heavy atom. The maximum Gasteiger partial charge on any atom is 0.387 e. The minimum Gasteiger partial charge on any atom is -0.486 e. The molecule has 8 nitrogen and oxygen atoms in total. The molecule has 1 fully saturated rings. The third kappa shape index (κ3) is 3.98. The molecule has 0 spiro atoms. The summed E-state index contributed by atoms with van der Waals surface area (Å²) in [4.78, 5) is 12.1. The van der Waals surface area contributed by atoms with Crippen LogP contribution < -0.4 is 14.8 Å². The zero-order chi connectivity index (χ0) is 18.0. The van der Waals surface area contributed by atoms with Crippen molar-refractivity contribution in [3.63, 3.8) is 0 Å². The lowest BCUT2D eigenvalue weighted by atomic mass is 9.81. The lowest BCUT2D eigenvalue weighted by molar-refractivity contribution is -0.125. The molecule has 1 saturated carbocycles. The number of ether oxygens (including phenoxy) is 2. The standard InChI is InChI=1S/C14H14F3N5O3/c1-22-14(19-20-21-22)18-12(23)7-4-9(5-7)24-11-6-8(15)2-3-10(11)25-13(16)17/h2-3,6-7,9,13H,4-5H2,1H3,(H,18,19,21,23). The summed E-state index contributed by atoms with van der Waals surface area (Å²) in [6, 6.07) is 3.04. The van der Waals surface area contributed by atoms with Crippen LogP contribution in [0.2, 0.25) is 0 Å². The number of nitrogens with zero attached hydrogens (tertiary/aromatic N) is 4. The first-order valence-corrected chi connectivity index (χ1v) is 7.36.